The van der Waals surface area contributed by atoms with E-state index in [9.17, 15) is 8.42 Å². The summed E-state index contributed by atoms with van der Waals surface area (Å²) in [6.07, 6.45) is 1.67. The fraction of sp³-hybridized carbons (Fsp3) is 0.667. The van der Waals surface area contributed by atoms with Crippen LogP contribution in [-0.4, -0.2) is 32.5 Å². The predicted molar refractivity (Wildman–Crippen MR) is 74.4 cm³/mol. The number of rotatable bonds is 8. The van der Waals surface area contributed by atoms with Crippen molar-refractivity contribution in [3.63, 3.8) is 0 Å². The first-order valence-electron chi connectivity index (χ1n) is 5.99. The van der Waals surface area contributed by atoms with Gasteiger partial charge in [-0.05, 0) is 31.2 Å². The van der Waals surface area contributed by atoms with Crippen LogP contribution < -0.4 is 5.32 Å². The van der Waals surface area contributed by atoms with Gasteiger partial charge in [0.1, 0.15) is 0 Å². The summed E-state index contributed by atoms with van der Waals surface area (Å²) in [4.78, 5) is 1.33. The molecule has 1 unspecified atom stereocenters. The molecule has 0 aliphatic rings. The molecule has 0 aliphatic heterocycles. The lowest BCUT2D eigenvalue weighted by atomic mass is 10.2. The molecule has 98 valence electrons. The van der Waals surface area contributed by atoms with Gasteiger partial charge in [-0.2, -0.15) is 0 Å². The fourth-order valence-electron chi connectivity index (χ4n) is 1.68. The van der Waals surface area contributed by atoms with Crippen molar-refractivity contribution in [1.29, 1.82) is 0 Å². The molecule has 0 radical (unpaired) electrons. The molecule has 0 spiro atoms. The standard InChI is InChI=1S/C12H21NO2S2/c1-3-8-17(14,15)9-6-13-11(2)10-12-5-4-7-16-12/h4-5,7,11,13H,3,6,8-10H2,1-2H3. The summed E-state index contributed by atoms with van der Waals surface area (Å²) < 4.78 is 23.0. The lowest BCUT2D eigenvalue weighted by Gasteiger charge is -2.12. The second-order valence-corrected chi connectivity index (χ2v) is 7.63. The van der Waals surface area contributed by atoms with Gasteiger partial charge in [0.05, 0.1) is 5.75 Å². The third-order valence-corrected chi connectivity index (χ3v) is 5.26. The second-order valence-electron chi connectivity index (χ2n) is 4.29. The Morgan fingerprint density at radius 1 is 1.41 bits per heavy atom. The molecule has 1 aromatic rings. The van der Waals surface area contributed by atoms with Crippen LogP contribution in [-0.2, 0) is 16.3 Å². The lowest BCUT2D eigenvalue weighted by Crippen LogP contribution is -2.32. The molecule has 17 heavy (non-hydrogen) atoms. The van der Waals surface area contributed by atoms with Crippen molar-refractivity contribution in [3.8, 4) is 0 Å². The van der Waals surface area contributed by atoms with E-state index in [-0.39, 0.29) is 5.75 Å². The zero-order valence-corrected chi connectivity index (χ0v) is 12.1. The van der Waals surface area contributed by atoms with Crippen molar-refractivity contribution in [2.45, 2.75) is 32.7 Å². The molecule has 5 heteroatoms. The molecule has 1 aromatic heterocycles. The van der Waals surface area contributed by atoms with Crippen LogP contribution in [0.15, 0.2) is 17.5 Å². The third kappa shape index (κ3) is 6.19. The highest BCUT2D eigenvalue weighted by Crippen LogP contribution is 2.10. The van der Waals surface area contributed by atoms with E-state index < -0.39 is 9.84 Å². The summed E-state index contributed by atoms with van der Waals surface area (Å²) in [6, 6.07) is 4.47. The first-order chi connectivity index (χ1) is 8.03. The van der Waals surface area contributed by atoms with Gasteiger partial charge in [-0.3, -0.25) is 0 Å². The molecule has 1 N–H and O–H groups in total. The molecule has 0 aromatic carbocycles. The smallest absolute Gasteiger partial charge is 0.151 e. The van der Waals surface area contributed by atoms with E-state index in [1.807, 2.05) is 13.0 Å². The molecule has 0 fully saturated rings. The van der Waals surface area contributed by atoms with Crippen LogP contribution in [0.3, 0.4) is 0 Å². The second kappa shape index (κ2) is 7.13. The van der Waals surface area contributed by atoms with Gasteiger partial charge in [0, 0.05) is 23.2 Å². The maximum atomic E-state index is 11.5. The number of hydrogen-bond donors (Lipinski definition) is 1. The van der Waals surface area contributed by atoms with Gasteiger partial charge in [0.25, 0.3) is 0 Å². The van der Waals surface area contributed by atoms with Crippen molar-refractivity contribution < 1.29 is 8.42 Å². The minimum Gasteiger partial charge on any atom is -0.313 e. The Labute approximate surface area is 108 Å². The summed E-state index contributed by atoms with van der Waals surface area (Å²) in [5.74, 6) is 0.545. The molecule has 1 rings (SSSR count). The molecular formula is C12H21NO2S2. The average molecular weight is 275 g/mol. The van der Waals surface area contributed by atoms with Crippen LogP contribution in [0.4, 0.5) is 0 Å². The van der Waals surface area contributed by atoms with Crippen molar-refractivity contribution in [3.05, 3.63) is 22.4 Å². The Kier molecular flexibility index (Phi) is 6.16. The van der Waals surface area contributed by atoms with E-state index in [4.69, 9.17) is 0 Å². The largest absolute Gasteiger partial charge is 0.313 e. The number of sulfone groups is 1. The molecular weight excluding hydrogens is 254 g/mol. The van der Waals surface area contributed by atoms with E-state index in [1.165, 1.54) is 4.88 Å². The Balaban J connectivity index is 2.22. The van der Waals surface area contributed by atoms with E-state index in [2.05, 4.69) is 23.7 Å². The highest BCUT2D eigenvalue weighted by molar-refractivity contribution is 7.91. The normalized spacial score (nSPS) is 13.8. The Morgan fingerprint density at radius 2 is 2.18 bits per heavy atom. The summed E-state index contributed by atoms with van der Waals surface area (Å²) in [5, 5.41) is 5.33. The minimum atomic E-state index is -2.85. The van der Waals surface area contributed by atoms with Crippen molar-refractivity contribution in [1.82, 2.24) is 5.32 Å². The Hall–Kier alpha value is -0.390. The molecule has 0 amide bonds. The van der Waals surface area contributed by atoms with Crippen LogP contribution >= 0.6 is 11.3 Å². The van der Waals surface area contributed by atoms with E-state index in [1.54, 1.807) is 11.3 Å². The van der Waals surface area contributed by atoms with Gasteiger partial charge in [0.2, 0.25) is 0 Å². The van der Waals surface area contributed by atoms with Crippen LogP contribution in [0, 0.1) is 0 Å². The number of hydrogen-bond acceptors (Lipinski definition) is 4. The summed E-state index contributed by atoms with van der Waals surface area (Å²) in [7, 11) is -2.85. The quantitative estimate of drug-likeness (QED) is 0.790. The first kappa shape index (κ1) is 14.7. The average Bonchev–Trinajstić information content (AvgIpc) is 2.69. The van der Waals surface area contributed by atoms with Gasteiger partial charge in [-0.15, -0.1) is 11.3 Å². The first-order valence-corrected chi connectivity index (χ1v) is 8.70. The Bertz CT molecular complexity index is 398. The van der Waals surface area contributed by atoms with Gasteiger partial charge < -0.3 is 5.32 Å². The molecule has 1 atom stereocenters. The van der Waals surface area contributed by atoms with Crippen LogP contribution in [0.2, 0.25) is 0 Å². The Morgan fingerprint density at radius 3 is 2.76 bits per heavy atom. The molecule has 0 saturated heterocycles. The lowest BCUT2D eigenvalue weighted by molar-refractivity contribution is 0.556. The van der Waals surface area contributed by atoms with Crippen LogP contribution in [0.1, 0.15) is 25.1 Å². The van der Waals surface area contributed by atoms with Crippen molar-refractivity contribution in [2.24, 2.45) is 0 Å². The third-order valence-electron chi connectivity index (χ3n) is 2.51. The summed E-state index contributed by atoms with van der Waals surface area (Å²) in [6.45, 7) is 4.53. The van der Waals surface area contributed by atoms with Crippen LogP contribution in [0.25, 0.3) is 0 Å². The SMILES string of the molecule is CCCS(=O)(=O)CCNC(C)Cc1cccs1. The highest BCUT2D eigenvalue weighted by Gasteiger charge is 2.10. The maximum Gasteiger partial charge on any atom is 0.151 e. The van der Waals surface area contributed by atoms with E-state index in [0.717, 1.165) is 6.42 Å². The maximum absolute atomic E-state index is 11.5. The molecule has 0 bridgehead atoms. The number of thiophene rings is 1. The molecule has 3 nitrogen and oxygen atoms in total. The van der Waals surface area contributed by atoms with Gasteiger partial charge in [-0.25, -0.2) is 8.42 Å². The summed E-state index contributed by atoms with van der Waals surface area (Å²) >= 11 is 1.74. The minimum absolute atomic E-state index is 0.246. The van der Waals surface area contributed by atoms with E-state index >= 15 is 0 Å². The zero-order valence-electron chi connectivity index (χ0n) is 10.5. The molecule has 0 aliphatic carbocycles. The predicted octanol–water partition coefficient (Wildman–Crippen LogP) is 2.09. The van der Waals surface area contributed by atoms with Gasteiger partial charge >= 0.3 is 0 Å². The van der Waals surface area contributed by atoms with Crippen molar-refractivity contribution in [2.75, 3.05) is 18.1 Å². The topological polar surface area (TPSA) is 46.2 Å². The monoisotopic (exact) mass is 275 g/mol. The zero-order chi connectivity index (χ0) is 12.7. The fourth-order valence-corrected chi connectivity index (χ4v) is 3.77. The van der Waals surface area contributed by atoms with Gasteiger partial charge in [0.15, 0.2) is 9.84 Å². The molecule has 1 heterocycles. The van der Waals surface area contributed by atoms with Crippen molar-refractivity contribution >= 4 is 21.2 Å². The van der Waals surface area contributed by atoms with Gasteiger partial charge in [-0.1, -0.05) is 13.0 Å². The van der Waals surface area contributed by atoms with E-state index in [0.29, 0.717) is 24.8 Å². The summed E-state index contributed by atoms with van der Waals surface area (Å²) in [5.41, 5.74) is 0. The highest BCUT2D eigenvalue weighted by atomic mass is 32.2. The molecule has 0 saturated carbocycles. The number of nitrogens with one attached hydrogen (secondary N) is 1. The van der Waals surface area contributed by atoms with Crippen LogP contribution in [0.5, 0.6) is 0 Å².